The Kier molecular flexibility index (Phi) is 1.82. The Balaban J connectivity index is 2.25. The van der Waals surface area contributed by atoms with Crippen molar-refractivity contribution in [3.63, 3.8) is 0 Å². The zero-order valence-electron chi connectivity index (χ0n) is 9.70. The third-order valence-electron chi connectivity index (χ3n) is 3.59. The van der Waals surface area contributed by atoms with Gasteiger partial charge in [-0.1, -0.05) is 30.3 Å². The molecule has 0 amide bonds. The summed E-state index contributed by atoms with van der Waals surface area (Å²) in [7, 11) is 0. The maximum absolute atomic E-state index is 9.31. The van der Waals surface area contributed by atoms with Gasteiger partial charge in [0, 0.05) is 33.4 Å². The summed E-state index contributed by atoms with van der Waals surface area (Å²) in [5.41, 5.74) is 4.24. The van der Waals surface area contributed by atoms with Gasteiger partial charge in [-0.3, -0.25) is 0 Å². The average Bonchev–Trinajstić information content (AvgIpc) is 2.99. The molecule has 0 bridgehead atoms. The summed E-state index contributed by atoms with van der Waals surface area (Å²) < 4.78 is 0. The second-order valence-electron chi connectivity index (χ2n) is 4.55. The smallest absolute Gasteiger partial charge is 0.0710 e. The molecule has 0 atom stereocenters. The molecule has 4 rings (SSSR count). The molecule has 0 spiro atoms. The molecule has 0 unspecified atom stereocenters. The number of para-hydroxylation sites is 1. The number of H-pyrrole nitrogens is 2. The zero-order valence-corrected chi connectivity index (χ0v) is 9.70. The molecule has 0 aliphatic carbocycles. The fourth-order valence-corrected chi connectivity index (χ4v) is 2.70. The van der Waals surface area contributed by atoms with Gasteiger partial charge < -0.3 is 15.1 Å². The second kappa shape index (κ2) is 3.37. The molecule has 0 saturated carbocycles. The lowest BCUT2D eigenvalue weighted by Crippen LogP contribution is -1.78. The molecular formula is C15H12N2O. The molecule has 18 heavy (non-hydrogen) atoms. The highest BCUT2D eigenvalue weighted by Crippen LogP contribution is 2.31. The summed E-state index contributed by atoms with van der Waals surface area (Å²) in [5, 5.41) is 12.8. The first-order valence-electron chi connectivity index (χ1n) is 5.99. The molecule has 0 aliphatic rings. The Labute approximate surface area is 103 Å². The van der Waals surface area contributed by atoms with E-state index in [2.05, 4.69) is 34.2 Å². The van der Waals surface area contributed by atoms with Crippen molar-refractivity contribution in [3.05, 3.63) is 48.2 Å². The van der Waals surface area contributed by atoms with E-state index in [9.17, 15) is 5.11 Å². The maximum Gasteiger partial charge on any atom is 0.0710 e. The SMILES string of the molecule is OCc1c[nH]c2c1ccc1c3ccccc3[nH]c12. The van der Waals surface area contributed by atoms with Crippen molar-refractivity contribution in [1.29, 1.82) is 0 Å². The van der Waals surface area contributed by atoms with Crippen LogP contribution < -0.4 is 0 Å². The molecule has 2 aromatic heterocycles. The van der Waals surface area contributed by atoms with E-state index < -0.39 is 0 Å². The topological polar surface area (TPSA) is 51.8 Å². The highest BCUT2D eigenvalue weighted by atomic mass is 16.3. The number of hydrogen-bond acceptors (Lipinski definition) is 1. The zero-order chi connectivity index (χ0) is 12.1. The van der Waals surface area contributed by atoms with E-state index in [0.717, 1.165) is 27.5 Å². The van der Waals surface area contributed by atoms with Crippen LogP contribution in [0.1, 0.15) is 5.56 Å². The van der Waals surface area contributed by atoms with Gasteiger partial charge in [0.05, 0.1) is 17.6 Å². The Morgan fingerprint density at radius 2 is 1.72 bits per heavy atom. The number of hydrogen-bond donors (Lipinski definition) is 3. The lowest BCUT2D eigenvalue weighted by atomic mass is 10.1. The molecule has 0 fully saturated rings. The van der Waals surface area contributed by atoms with E-state index in [4.69, 9.17) is 0 Å². The Morgan fingerprint density at radius 1 is 0.889 bits per heavy atom. The van der Waals surface area contributed by atoms with Crippen molar-refractivity contribution in [3.8, 4) is 0 Å². The van der Waals surface area contributed by atoms with Gasteiger partial charge in [0.1, 0.15) is 0 Å². The quantitative estimate of drug-likeness (QED) is 0.466. The number of aliphatic hydroxyl groups is 1. The van der Waals surface area contributed by atoms with Gasteiger partial charge in [-0.15, -0.1) is 0 Å². The summed E-state index contributed by atoms with van der Waals surface area (Å²) in [6.45, 7) is 0.0612. The van der Waals surface area contributed by atoms with Crippen LogP contribution in [0.15, 0.2) is 42.6 Å². The number of benzene rings is 2. The largest absolute Gasteiger partial charge is 0.392 e. The van der Waals surface area contributed by atoms with Crippen molar-refractivity contribution in [2.24, 2.45) is 0 Å². The van der Waals surface area contributed by atoms with Crippen LogP contribution in [0.5, 0.6) is 0 Å². The van der Waals surface area contributed by atoms with Crippen molar-refractivity contribution < 1.29 is 5.11 Å². The van der Waals surface area contributed by atoms with Crippen LogP contribution in [0.3, 0.4) is 0 Å². The third kappa shape index (κ3) is 1.11. The molecule has 2 heterocycles. The van der Waals surface area contributed by atoms with E-state index in [-0.39, 0.29) is 6.61 Å². The number of aromatic nitrogens is 2. The molecule has 3 heteroatoms. The summed E-state index contributed by atoms with van der Waals surface area (Å²) >= 11 is 0. The van der Waals surface area contributed by atoms with E-state index >= 15 is 0 Å². The maximum atomic E-state index is 9.31. The first kappa shape index (κ1) is 9.74. The number of aliphatic hydroxyl groups excluding tert-OH is 1. The van der Waals surface area contributed by atoms with Gasteiger partial charge >= 0.3 is 0 Å². The van der Waals surface area contributed by atoms with Gasteiger partial charge in [0.2, 0.25) is 0 Å². The van der Waals surface area contributed by atoms with Crippen LogP contribution >= 0.6 is 0 Å². The van der Waals surface area contributed by atoms with E-state index in [1.807, 2.05) is 18.3 Å². The van der Waals surface area contributed by atoms with Gasteiger partial charge in [-0.05, 0) is 6.07 Å². The molecule has 3 nitrogen and oxygen atoms in total. The van der Waals surface area contributed by atoms with E-state index in [1.54, 1.807) is 0 Å². The summed E-state index contributed by atoms with van der Waals surface area (Å²) in [6.07, 6.45) is 1.87. The van der Waals surface area contributed by atoms with Crippen LogP contribution in [0.4, 0.5) is 0 Å². The normalized spacial score (nSPS) is 11.8. The molecule has 4 aromatic rings. The lowest BCUT2D eigenvalue weighted by Gasteiger charge is -1.95. The Bertz CT molecular complexity index is 870. The first-order chi connectivity index (χ1) is 8.88. The fourth-order valence-electron chi connectivity index (χ4n) is 2.70. The second-order valence-corrected chi connectivity index (χ2v) is 4.55. The minimum atomic E-state index is 0.0612. The van der Waals surface area contributed by atoms with Gasteiger partial charge in [-0.25, -0.2) is 0 Å². The van der Waals surface area contributed by atoms with Crippen molar-refractivity contribution in [1.82, 2.24) is 9.97 Å². The van der Waals surface area contributed by atoms with Crippen LogP contribution in [0.2, 0.25) is 0 Å². The molecule has 0 radical (unpaired) electrons. The highest BCUT2D eigenvalue weighted by molar-refractivity contribution is 6.16. The van der Waals surface area contributed by atoms with Gasteiger partial charge in [-0.2, -0.15) is 0 Å². The van der Waals surface area contributed by atoms with Crippen molar-refractivity contribution in [2.75, 3.05) is 0 Å². The minimum Gasteiger partial charge on any atom is -0.392 e. The van der Waals surface area contributed by atoms with Gasteiger partial charge in [0.25, 0.3) is 0 Å². The minimum absolute atomic E-state index is 0.0612. The van der Waals surface area contributed by atoms with Crippen LogP contribution in [-0.4, -0.2) is 15.1 Å². The highest BCUT2D eigenvalue weighted by Gasteiger charge is 2.10. The third-order valence-corrected chi connectivity index (χ3v) is 3.59. The van der Waals surface area contributed by atoms with E-state index in [0.29, 0.717) is 0 Å². The van der Waals surface area contributed by atoms with Crippen LogP contribution in [0, 0.1) is 0 Å². The predicted molar refractivity (Wildman–Crippen MR) is 73.6 cm³/mol. The summed E-state index contributed by atoms with van der Waals surface area (Å²) in [5.74, 6) is 0. The summed E-state index contributed by atoms with van der Waals surface area (Å²) in [4.78, 5) is 6.70. The van der Waals surface area contributed by atoms with Crippen LogP contribution in [0.25, 0.3) is 32.7 Å². The molecule has 3 N–H and O–H groups in total. The molecular weight excluding hydrogens is 224 g/mol. The van der Waals surface area contributed by atoms with Gasteiger partial charge in [0.15, 0.2) is 0 Å². The molecule has 88 valence electrons. The number of nitrogens with one attached hydrogen (secondary N) is 2. The summed E-state index contributed by atoms with van der Waals surface area (Å²) in [6, 6.07) is 12.5. The van der Waals surface area contributed by atoms with Crippen molar-refractivity contribution >= 4 is 32.7 Å². The monoisotopic (exact) mass is 236 g/mol. The average molecular weight is 236 g/mol. The molecule has 2 aromatic carbocycles. The number of rotatable bonds is 1. The molecule has 0 aliphatic heterocycles. The Morgan fingerprint density at radius 3 is 2.61 bits per heavy atom. The predicted octanol–water partition coefficient (Wildman–Crippen LogP) is 3.29. The van der Waals surface area contributed by atoms with Crippen LogP contribution in [-0.2, 0) is 6.61 Å². The number of aromatic amines is 2. The first-order valence-corrected chi connectivity index (χ1v) is 5.99. The lowest BCUT2D eigenvalue weighted by molar-refractivity contribution is 0.283. The number of fused-ring (bicyclic) bond motifs is 5. The Hall–Kier alpha value is -2.26. The van der Waals surface area contributed by atoms with E-state index in [1.165, 1.54) is 10.8 Å². The fraction of sp³-hybridized carbons (Fsp3) is 0.0667. The molecule has 0 saturated heterocycles. The standard InChI is InChI=1S/C15H12N2O/c18-8-9-7-16-14-10(9)5-6-12-11-3-1-2-4-13(11)17-15(12)14/h1-7,16-18H,8H2. The van der Waals surface area contributed by atoms with Crippen molar-refractivity contribution in [2.45, 2.75) is 6.61 Å².